The summed E-state index contributed by atoms with van der Waals surface area (Å²) in [6.07, 6.45) is 3.14. The van der Waals surface area contributed by atoms with Crippen LogP contribution in [0.2, 0.25) is 0 Å². The SMILES string of the molecule is CCCCOc1cccc(C(=O)Nc2ccccc2[C@H](C)CC)c1. The van der Waals surface area contributed by atoms with Crippen LogP contribution in [0, 0.1) is 0 Å². The Kier molecular flexibility index (Phi) is 6.86. The molecule has 0 radical (unpaired) electrons. The van der Waals surface area contributed by atoms with E-state index in [4.69, 9.17) is 4.74 Å². The second-order valence-corrected chi connectivity index (χ2v) is 6.08. The van der Waals surface area contributed by atoms with Crippen LogP contribution in [0.3, 0.4) is 0 Å². The van der Waals surface area contributed by atoms with Crippen LogP contribution in [0.5, 0.6) is 5.75 Å². The van der Waals surface area contributed by atoms with Crippen molar-refractivity contribution in [2.45, 2.75) is 46.0 Å². The fraction of sp³-hybridized carbons (Fsp3) is 0.381. The molecule has 0 heterocycles. The van der Waals surface area contributed by atoms with Crippen molar-refractivity contribution in [1.82, 2.24) is 0 Å². The van der Waals surface area contributed by atoms with E-state index in [0.717, 1.165) is 30.7 Å². The van der Waals surface area contributed by atoms with Crippen LogP contribution in [0.1, 0.15) is 61.9 Å². The van der Waals surface area contributed by atoms with Crippen molar-refractivity contribution in [1.29, 1.82) is 0 Å². The normalized spacial score (nSPS) is 11.8. The lowest BCUT2D eigenvalue weighted by Gasteiger charge is -2.16. The van der Waals surface area contributed by atoms with E-state index in [1.54, 1.807) is 6.07 Å². The first-order chi connectivity index (χ1) is 11.7. The van der Waals surface area contributed by atoms with Crippen molar-refractivity contribution in [3.05, 3.63) is 59.7 Å². The van der Waals surface area contributed by atoms with Gasteiger partial charge in [-0.3, -0.25) is 4.79 Å². The molecule has 3 nitrogen and oxygen atoms in total. The Morgan fingerprint density at radius 1 is 1.12 bits per heavy atom. The summed E-state index contributed by atoms with van der Waals surface area (Å²) in [5.74, 6) is 1.04. The largest absolute Gasteiger partial charge is 0.494 e. The van der Waals surface area contributed by atoms with Gasteiger partial charge in [0.1, 0.15) is 5.75 Å². The fourth-order valence-electron chi connectivity index (χ4n) is 2.52. The smallest absolute Gasteiger partial charge is 0.255 e. The monoisotopic (exact) mass is 325 g/mol. The zero-order valence-electron chi connectivity index (χ0n) is 14.8. The Balaban J connectivity index is 2.11. The molecule has 0 aliphatic heterocycles. The minimum absolute atomic E-state index is 0.105. The van der Waals surface area contributed by atoms with Gasteiger partial charge >= 0.3 is 0 Å². The quantitative estimate of drug-likeness (QED) is 0.639. The van der Waals surface area contributed by atoms with Crippen LogP contribution < -0.4 is 10.1 Å². The van der Waals surface area contributed by atoms with Crippen LogP contribution in [-0.4, -0.2) is 12.5 Å². The summed E-state index contributed by atoms with van der Waals surface area (Å²) in [4.78, 5) is 12.6. The zero-order chi connectivity index (χ0) is 17.4. The molecule has 0 spiro atoms. The summed E-state index contributed by atoms with van der Waals surface area (Å²) < 4.78 is 5.69. The number of unbranched alkanes of at least 4 members (excludes halogenated alkanes) is 1. The molecule has 1 amide bonds. The number of nitrogens with one attached hydrogen (secondary N) is 1. The lowest BCUT2D eigenvalue weighted by Crippen LogP contribution is -2.14. The molecule has 0 aromatic heterocycles. The highest BCUT2D eigenvalue weighted by Gasteiger charge is 2.12. The Bertz CT molecular complexity index is 666. The number of hydrogen-bond donors (Lipinski definition) is 1. The zero-order valence-corrected chi connectivity index (χ0v) is 14.8. The van der Waals surface area contributed by atoms with E-state index in [0.29, 0.717) is 18.1 Å². The number of ether oxygens (including phenoxy) is 1. The third-order valence-corrected chi connectivity index (χ3v) is 4.22. The molecule has 1 atom stereocenters. The number of para-hydroxylation sites is 1. The number of carbonyl (C=O) groups is 1. The summed E-state index contributed by atoms with van der Waals surface area (Å²) in [5.41, 5.74) is 2.67. The highest BCUT2D eigenvalue weighted by molar-refractivity contribution is 6.04. The second-order valence-electron chi connectivity index (χ2n) is 6.08. The molecule has 0 saturated carbocycles. The van der Waals surface area contributed by atoms with Gasteiger partial charge < -0.3 is 10.1 Å². The molecular formula is C21H27NO2. The summed E-state index contributed by atoms with van der Waals surface area (Å²) in [6, 6.07) is 15.4. The predicted octanol–water partition coefficient (Wildman–Crippen LogP) is 5.63. The van der Waals surface area contributed by atoms with Crippen molar-refractivity contribution in [2.75, 3.05) is 11.9 Å². The number of anilines is 1. The van der Waals surface area contributed by atoms with E-state index >= 15 is 0 Å². The molecule has 3 heteroatoms. The number of carbonyl (C=O) groups excluding carboxylic acids is 1. The number of hydrogen-bond acceptors (Lipinski definition) is 2. The standard InChI is InChI=1S/C21H27NO2/c1-4-6-14-24-18-11-9-10-17(15-18)21(23)22-20-13-8-7-12-19(20)16(3)5-2/h7-13,15-16H,4-6,14H2,1-3H3,(H,22,23)/t16-/m1/s1. The molecule has 0 unspecified atom stereocenters. The third kappa shape index (κ3) is 4.85. The van der Waals surface area contributed by atoms with Crippen LogP contribution in [0.4, 0.5) is 5.69 Å². The van der Waals surface area contributed by atoms with Crippen molar-refractivity contribution < 1.29 is 9.53 Å². The van der Waals surface area contributed by atoms with Gasteiger partial charge in [0.05, 0.1) is 6.61 Å². The van der Waals surface area contributed by atoms with Gasteiger partial charge in [-0.25, -0.2) is 0 Å². The lowest BCUT2D eigenvalue weighted by atomic mass is 9.97. The van der Waals surface area contributed by atoms with Gasteiger partial charge in [-0.15, -0.1) is 0 Å². The predicted molar refractivity (Wildman–Crippen MR) is 99.9 cm³/mol. The summed E-state index contributed by atoms with van der Waals surface area (Å²) in [7, 11) is 0. The molecule has 0 bridgehead atoms. The van der Waals surface area contributed by atoms with Crippen molar-refractivity contribution in [3.63, 3.8) is 0 Å². The fourth-order valence-corrected chi connectivity index (χ4v) is 2.52. The maximum absolute atomic E-state index is 12.6. The molecule has 0 fully saturated rings. The minimum Gasteiger partial charge on any atom is -0.494 e. The average Bonchev–Trinajstić information content (AvgIpc) is 2.62. The van der Waals surface area contributed by atoms with Gasteiger partial charge in [-0.1, -0.05) is 51.5 Å². The molecule has 2 rings (SSSR count). The number of amides is 1. The molecule has 1 N–H and O–H groups in total. The number of rotatable bonds is 8. The van der Waals surface area contributed by atoms with Gasteiger partial charge in [-0.2, -0.15) is 0 Å². The van der Waals surface area contributed by atoms with Gasteiger partial charge in [0.25, 0.3) is 5.91 Å². The third-order valence-electron chi connectivity index (χ3n) is 4.22. The first-order valence-electron chi connectivity index (χ1n) is 8.78. The Morgan fingerprint density at radius 2 is 1.92 bits per heavy atom. The summed E-state index contributed by atoms with van der Waals surface area (Å²) >= 11 is 0. The summed E-state index contributed by atoms with van der Waals surface area (Å²) in [6.45, 7) is 7.13. The molecule has 128 valence electrons. The van der Waals surface area contributed by atoms with Crippen molar-refractivity contribution in [3.8, 4) is 5.75 Å². The van der Waals surface area contributed by atoms with Gasteiger partial charge in [0.15, 0.2) is 0 Å². The molecule has 2 aromatic carbocycles. The van der Waals surface area contributed by atoms with E-state index in [1.807, 2.05) is 36.4 Å². The van der Waals surface area contributed by atoms with E-state index < -0.39 is 0 Å². The maximum atomic E-state index is 12.6. The van der Waals surface area contributed by atoms with Crippen LogP contribution >= 0.6 is 0 Å². The van der Waals surface area contributed by atoms with E-state index in [1.165, 1.54) is 5.56 Å². The van der Waals surface area contributed by atoms with E-state index in [2.05, 4.69) is 32.2 Å². The molecule has 24 heavy (non-hydrogen) atoms. The Morgan fingerprint density at radius 3 is 2.67 bits per heavy atom. The highest BCUT2D eigenvalue weighted by Crippen LogP contribution is 2.27. The average molecular weight is 325 g/mol. The first kappa shape index (κ1) is 18.1. The van der Waals surface area contributed by atoms with Crippen LogP contribution in [0.25, 0.3) is 0 Å². The minimum atomic E-state index is -0.105. The van der Waals surface area contributed by atoms with Gasteiger partial charge in [0.2, 0.25) is 0 Å². The van der Waals surface area contributed by atoms with Gasteiger partial charge in [0, 0.05) is 11.3 Å². The van der Waals surface area contributed by atoms with E-state index in [9.17, 15) is 4.79 Å². The van der Waals surface area contributed by atoms with Crippen molar-refractivity contribution >= 4 is 11.6 Å². The molecule has 0 aliphatic carbocycles. The van der Waals surface area contributed by atoms with Crippen molar-refractivity contribution in [2.24, 2.45) is 0 Å². The highest BCUT2D eigenvalue weighted by atomic mass is 16.5. The second kappa shape index (κ2) is 9.11. The topological polar surface area (TPSA) is 38.3 Å². The first-order valence-corrected chi connectivity index (χ1v) is 8.78. The summed E-state index contributed by atoms with van der Waals surface area (Å²) in [5, 5.41) is 3.04. The molecular weight excluding hydrogens is 298 g/mol. The molecule has 2 aromatic rings. The maximum Gasteiger partial charge on any atom is 0.255 e. The van der Waals surface area contributed by atoms with Gasteiger partial charge in [-0.05, 0) is 48.6 Å². The Labute approximate surface area is 145 Å². The molecule has 0 aliphatic rings. The van der Waals surface area contributed by atoms with Crippen LogP contribution in [0.15, 0.2) is 48.5 Å². The Hall–Kier alpha value is -2.29. The molecule has 0 saturated heterocycles. The number of benzene rings is 2. The lowest BCUT2D eigenvalue weighted by molar-refractivity contribution is 0.102. The van der Waals surface area contributed by atoms with E-state index in [-0.39, 0.29) is 5.91 Å². The van der Waals surface area contributed by atoms with Crippen LogP contribution in [-0.2, 0) is 0 Å².